The lowest BCUT2D eigenvalue weighted by Crippen LogP contribution is -2.41. The van der Waals surface area contributed by atoms with Crippen molar-refractivity contribution in [2.24, 2.45) is 0 Å². The number of nitrogen functional groups attached to an aromatic ring is 1. The minimum atomic E-state index is -1.33. The zero-order chi connectivity index (χ0) is 22.2. The van der Waals surface area contributed by atoms with Crippen LogP contribution in [0.3, 0.4) is 0 Å². The first-order chi connectivity index (χ1) is 14.1. The number of aromatic amines is 1. The second kappa shape index (κ2) is 8.23. The van der Waals surface area contributed by atoms with Crippen molar-refractivity contribution in [3.63, 3.8) is 0 Å². The van der Waals surface area contributed by atoms with Crippen LogP contribution in [-0.4, -0.2) is 57.4 Å². The molecule has 3 N–H and O–H groups in total. The van der Waals surface area contributed by atoms with Gasteiger partial charge in [0.15, 0.2) is 24.1 Å². The Morgan fingerprint density at radius 2 is 1.77 bits per heavy atom. The molecule has 0 radical (unpaired) electrons. The van der Waals surface area contributed by atoms with Gasteiger partial charge < -0.3 is 24.7 Å². The van der Waals surface area contributed by atoms with Crippen LogP contribution in [-0.2, 0) is 33.3 Å². The molecule has 0 saturated carbocycles. The second-order valence-electron chi connectivity index (χ2n) is 6.36. The first-order valence-electron chi connectivity index (χ1n) is 8.62. The van der Waals surface area contributed by atoms with Crippen LogP contribution in [0.2, 0.25) is 0 Å². The van der Waals surface area contributed by atoms with Crippen LogP contribution in [0, 0.1) is 0 Å². The Hall–Kier alpha value is -3.26. The molecule has 2 aromatic rings. The zero-order valence-electron chi connectivity index (χ0n) is 16.1. The lowest BCUT2D eigenvalue weighted by atomic mass is 10.1. The molecule has 0 aromatic carbocycles. The van der Waals surface area contributed by atoms with E-state index in [1.54, 1.807) is 0 Å². The number of carbonyl (C=O) groups excluding carboxylic acids is 3. The van der Waals surface area contributed by atoms with Gasteiger partial charge >= 0.3 is 22.8 Å². The molecule has 13 nitrogen and oxygen atoms in total. The molecular weight excluding hydrogens is 424 g/mol. The van der Waals surface area contributed by atoms with Gasteiger partial charge in [0.05, 0.1) is 0 Å². The van der Waals surface area contributed by atoms with Crippen LogP contribution in [0.15, 0.2) is 9.59 Å². The summed E-state index contributed by atoms with van der Waals surface area (Å²) >= 11 is 0.588. The smallest absolute Gasteiger partial charge is 0.311 e. The quantitative estimate of drug-likeness (QED) is 0.430. The molecule has 0 spiro atoms. The first-order valence-corrected chi connectivity index (χ1v) is 9.44. The normalized spacial score (nSPS) is 23.3. The number of nitrogens with two attached hydrogens (primary N) is 1. The lowest BCUT2D eigenvalue weighted by molar-refractivity contribution is -0.166. The van der Waals surface area contributed by atoms with E-state index in [0.29, 0.717) is 11.3 Å². The van der Waals surface area contributed by atoms with Gasteiger partial charge in [-0.3, -0.25) is 33.5 Å². The van der Waals surface area contributed by atoms with Gasteiger partial charge in [0.2, 0.25) is 5.95 Å². The fourth-order valence-electron chi connectivity index (χ4n) is 3.07. The number of hydrogen-bond donors (Lipinski definition) is 2. The highest BCUT2D eigenvalue weighted by Gasteiger charge is 2.51. The van der Waals surface area contributed by atoms with Crippen molar-refractivity contribution in [1.29, 1.82) is 0 Å². The molecule has 1 aliphatic rings. The Kier molecular flexibility index (Phi) is 5.89. The summed E-state index contributed by atoms with van der Waals surface area (Å²) in [6, 6.07) is 0. The third-order valence-electron chi connectivity index (χ3n) is 4.09. The maximum atomic E-state index is 12.7. The van der Waals surface area contributed by atoms with E-state index in [0.717, 1.165) is 18.4 Å². The summed E-state index contributed by atoms with van der Waals surface area (Å²) in [6.07, 6.45) is -4.87. The average Bonchev–Trinajstić information content (AvgIpc) is 3.10. The van der Waals surface area contributed by atoms with E-state index in [1.165, 1.54) is 6.92 Å². The van der Waals surface area contributed by atoms with E-state index in [4.69, 9.17) is 24.7 Å². The second-order valence-corrected chi connectivity index (χ2v) is 7.32. The highest BCUT2D eigenvalue weighted by molar-refractivity contribution is 7.16. The summed E-state index contributed by atoms with van der Waals surface area (Å²) in [5.41, 5.74) is 4.86. The predicted octanol–water partition coefficient (Wildman–Crippen LogP) is -0.948. The number of fused-ring (bicyclic) bond motifs is 1. The standard InChI is InChI=1S/C16H18N4O9S/c1-5(21)26-4-8-9(27-6(2)22)10(28-7(3)23)14(29-8)20-12-11(30-16(20)25)13(24)19-15(17)18-12/h8-10,14H,4H2,1-3H3,(H3,17,18,19,24). The van der Waals surface area contributed by atoms with Gasteiger partial charge in [0.1, 0.15) is 17.4 Å². The summed E-state index contributed by atoms with van der Waals surface area (Å²) in [4.78, 5) is 64.9. The number of nitrogens with one attached hydrogen (secondary N) is 1. The molecule has 2 aromatic heterocycles. The summed E-state index contributed by atoms with van der Waals surface area (Å²) in [6.45, 7) is 3.09. The molecule has 4 unspecified atom stereocenters. The number of carbonyl (C=O) groups is 3. The number of hydrogen-bond acceptors (Lipinski definition) is 12. The SMILES string of the molecule is CC(=O)OCC1OC(n2c(=O)sc3c(=O)[nH]c(N)nc32)C(OC(C)=O)C1OC(C)=O. The maximum Gasteiger partial charge on any atom is 0.311 e. The van der Waals surface area contributed by atoms with Gasteiger partial charge in [-0.15, -0.1) is 0 Å². The number of H-pyrrole nitrogens is 1. The molecule has 1 saturated heterocycles. The Balaban J connectivity index is 2.13. The fourth-order valence-corrected chi connectivity index (χ4v) is 3.91. The topological polar surface area (TPSA) is 182 Å². The molecule has 4 atom stereocenters. The molecule has 162 valence electrons. The van der Waals surface area contributed by atoms with E-state index in [2.05, 4.69) is 9.97 Å². The Labute approximate surface area is 171 Å². The minimum absolute atomic E-state index is 0.0214. The molecule has 1 aliphatic heterocycles. The molecule has 3 rings (SSSR count). The van der Waals surface area contributed by atoms with Crippen LogP contribution in [0.5, 0.6) is 0 Å². The van der Waals surface area contributed by atoms with E-state index >= 15 is 0 Å². The monoisotopic (exact) mass is 442 g/mol. The van der Waals surface area contributed by atoms with Crippen molar-refractivity contribution in [3.05, 3.63) is 20.0 Å². The van der Waals surface area contributed by atoms with Crippen LogP contribution in [0.4, 0.5) is 5.95 Å². The summed E-state index contributed by atoms with van der Waals surface area (Å²) in [7, 11) is 0. The molecular formula is C16H18N4O9S. The van der Waals surface area contributed by atoms with Gasteiger partial charge in [-0.1, -0.05) is 11.3 Å². The summed E-state index contributed by atoms with van der Waals surface area (Å²) in [5.74, 6) is -2.31. The van der Waals surface area contributed by atoms with E-state index in [9.17, 15) is 24.0 Å². The third kappa shape index (κ3) is 4.18. The van der Waals surface area contributed by atoms with Gasteiger partial charge in [0.25, 0.3) is 5.56 Å². The van der Waals surface area contributed by atoms with Crippen molar-refractivity contribution < 1.29 is 33.3 Å². The number of rotatable bonds is 5. The lowest BCUT2D eigenvalue weighted by Gasteiger charge is -2.23. The predicted molar refractivity (Wildman–Crippen MR) is 101 cm³/mol. The summed E-state index contributed by atoms with van der Waals surface area (Å²) < 4.78 is 22.2. The number of esters is 3. The number of anilines is 1. The van der Waals surface area contributed by atoms with Gasteiger partial charge in [-0.2, -0.15) is 4.98 Å². The van der Waals surface area contributed by atoms with Crippen molar-refractivity contribution in [3.8, 4) is 0 Å². The Bertz CT molecular complexity index is 1120. The number of ether oxygens (including phenoxy) is 4. The van der Waals surface area contributed by atoms with E-state index in [-0.39, 0.29) is 22.9 Å². The molecule has 1 fully saturated rings. The van der Waals surface area contributed by atoms with E-state index in [1.807, 2.05) is 0 Å². The van der Waals surface area contributed by atoms with Crippen LogP contribution < -0.4 is 16.2 Å². The largest absolute Gasteiger partial charge is 0.463 e. The van der Waals surface area contributed by atoms with E-state index < -0.39 is 52.9 Å². The fraction of sp³-hybridized carbons (Fsp3) is 0.500. The maximum absolute atomic E-state index is 12.7. The van der Waals surface area contributed by atoms with Gasteiger partial charge in [0, 0.05) is 20.8 Å². The molecule has 0 bridgehead atoms. The number of aromatic nitrogens is 3. The highest BCUT2D eigenvalue weighted by Crippen LogP contribution is 2.35. The van der Waals surface area contributed by atoms with Crippen molar-refractivity contribution in [2.45, 2.75) is 45.3 Å². The van der Waals surface area contributed by atoms with Crippen LogP contribution in [0.1, 0.15) is 27.0 Å². The minimum Gasteiger partial charge on any atom is -0.463 e. The number of thiazole rings is 1. The summed E-state index contributed by atoms with van der Waals surface area (Å²) in [5, 5.41) is 0. The van der Waals surface area contributed by atoms with Crippen LogP contribution >= 0.6 is 11.3 Å². The Morgan fingerprint density at radius 3 is 2.37 bits per heavy atom. The van der Waals surface area contributed by atoms with Crippen molar-refractivity contribution in [1.82, 2.24) is 14.5 Å². The highest BCUT2D eigenvalue weighted by atomic mass is 32.1. The Morgan fingerprint density at radius 1 is 1.13 bits per heavy atom. The van der Waals surface area contributed by atoms with Crippen molar-refractivity contribution in [2.75, 3.05) is 12.3 Å². The first kappa shape index (κ1) is 21.4. The van der Waals surface area contributed by atoms with Gasteiger partial charge in [-0.05, 0) is 0 Å². The van der Waals surface area contributed by atoms with Crippen molar-refractivity contribution >= 4 is 45.5 Å². The molecule has 14 heteroatoms. The zero-order valence-corrected chi connectivity index (χ0v) is 16.9. The molecule has 0 amide bonds. The third-order valence-corrected chi connectivity index (χ3v) is 5.03. The molecule has 30 heavy (non-hydrogen) atoms. The van der Waals surface area contributed by atoms with Crippen LogP contribution in [0.25, 0.3) is 10.3 Å². The number of nitrogens with zero attached hydrogens (tertiary/aromatic N) is 2. The van der Waals surface area contributed by atoms with Gasteiger partial charge in [-0.25, -0.2) is 0 Å². The molecule has 3 heterocycles. The molecule has 0 aliphatic carbocycles. The average molecular weight is 442 g/mol.